The van der Waals surface area contributed by atoms with Crippen LogP contribution in [0.5, 0.6) is 0 Å². The lowest BCUT2D eigenvalue weighted by atomic mass is 10.1. The Balaban J connectivity index is 1.85. The van der Waals surface area contributed by atoms with E-state index in [1.54, 1.807) is 0 Å². The molecule has 0 spiro atoms. The summed E-state index contributed by atoms with van der Waals surface area (Å²) in [5, 5.41) is 0. The molecule has 0 aromatic heterocycles. The van der Waals surface area contributed by atoms with Gasteiger partial charge in [0.25, 0.3) is 5.91 Å². The number of hydrogen-bond acceptors (Lipinski definition) is 1. The highest BCUT2D eigenvalue weighted by Crippen LogP contribution is 2.45. The molecule has 1 aromatic rings. The summed E-state index contributed by atoms with van der Waals surface area (Å²) >= 11 is 7.42. The van der Waals surface area contributed by atoms with Gasteiger partial charge in [0, 0.05) is 21.8 Å². The number of nitrogens with zero attached hydrogens (tertiary/aromatic N) is 1. The number of carbonyl (C=O) groups excluding carboxylic acids is 1. The fourth-order valence-corrected chi connectivity index (χ4v) is 5.46. The third kappa shape index (κ3) is 1.85. The van der Waals surface area contributed by atoms with Crippen molar-refractivity contribution in [3.05, 3.63) is 35.9 Å². The number of rotatable bonds is 1. The van der Waals surface area contributed by atoms with Gasteiger partial charge in [0.15, 0.2) is 0 Å². The first kappa shape index (κ1) is 11.7. The number of alkyl halides is 2. The number of benzene rings is 1. The number of piperidine rings is 1. The molecular weight excluding hydrogens is 346 g/mol. The first-order valence-electron chi connectivity index (χ1n) is 5.82. The summed E-state index contributed by atoms with van der Waals surface area (Å²) in [6.07, 6.45) is 1.17. The van der Waals surface area contributed by atoms with Crippen LogP contribution < -0.4 is 0 Å². The fraction of sp³-hybridized carbons (Fsp3) is 0.462. The van der Waals surface area contributed by atoms with Crippen LogP contribution in [0.15, 0.2) is 30.3 Å². The highest BCUT2D eigenvalue weighted by Gasteiger charge is 2.52. The van der Waals surface area contributed by atoms with Gasteiger partial charge < -0.3 is 4.90 Å². The molecule has 1 aliphatic carbocycles. The summed E-state index contributed by atoms with van der Waals surface area (Å²) in [6.45, 7) is 0.885. The van der Waals surface area contributed by atoms with E-state index >= 15 is 0 Å². The molecule has 0 radical (unpaired) electrons. The molecule has 4 atom stereocenters. The Hall–Kier alpha value is -0.350. The number of fused-ring (bicyclic) bond motifs is 2. The maximum absolute atomic E-state index is 12.4. The molecule has 2 nitrogen and oxygen atoms in total. The van der Waals surface area contributed by atoms with Gasteiger partial charge in [-0.3, -0.25) is 4.79 Å². The van der Waals surface area contributed by atoms with Gasteiger partial charge in [0.1, 0.15) is 0 Å². The summed E-state index contributed by atoms with van der Waals surface area (Å²) in [5.41, 5.74) is 0.791. The normalized spacial score (nSPS) is 35.3. The van der Waals surface area contributed by atoms with Crippen LogP contribution in [0.3, 0.4) is 0 Å². The molecule has 1 amide bonds. The van der Waals surface area contributed by atoms with Crippen molar-refractivity contribution in [1.82, 2.24) is 4.90 Å². The minimum atomic E-state index is 0.159. The molecule has 1 saturated carbocycles. The van der Waals surface area contributed by atoms with Crippen molar-refractivity contribution in [2.45, 2.75) is 22.1 Å². The number of likely N-dealkylation sites (tertiary alicyclic amines) is 1. The van der Waals surface area contributed by atoms with Crippen molar-refractivity contribution in [2.75, 3.05) is 6.54 Å². The first-order valence-corrected chi connectivity index (χ1v) is 7.66. The minimum absolute atomic E-state index is 0.159. The Morgan fingerprint density at radius 1 is 1.24 bits per heavy atom. The van der Waals surface area contributed by atoms with Crippen LogP contribution in [0.1, 0.15) is 16.8 Å². The molecule has 90 valence electrons. The van der Waals surface area contributed by atoms with Crippen molar-refractivity contribution in [2.24, 2.45) is 5.92 Å². The van der Waals surface area contributed by atoms with E-state index in [4.69, 9.17) is 0 Å². The Morgan fingerprint density at radius 3 is 2.53 bits per heavy atom. The Bertz CT molecular complexity index is 436. The zero-order valence-corrected chi connectivity index (χ0v) is 12.4. The van der Waals surface area contributed by atoms with Crippen molar-refractivity contribution in [1.29, 1.82) is 0 Å². The van der Waals surface area contributed by atoms with E-state index in [9.17, 15) is 4.79 Å². The number of carbonyl (C=O) groups is 1. The van der Waals surface area contributed by atoms with E-state index in [1.807, 2.05) is 35.2 Å². The Labute approximate surface area is 118 Å². The molecule has 2 bridgehead atoms. The standard InChI is InChI=1S/C13H13Br2NO/c14-10-6-9-7-16(12(10)11(9)15)13(17)8-4-2-1-3-5-8/h1-5,9-12H,6-7H2/t9-,10-,11-,12+/m1/s1. The SMILES string of the molecule is O=C(c1ccccc1)N1C[C@H]2C[C@@H](Br)[C@H]1[C@@H]2Br. The van der Waals surface area contributed by atoms with Gasteiger partial charge in [0.2, 0.25) is 0 Å². The number of hydrogen-bond donors (Lipinski definition) is 0. The zero-order chi connectivity index (χ0) is 12.0. The third-order valence-corrected chi connectivity index (χ3v) is 5.95. The van der Waals surface area contributed by atoms with Gasteiger partial charge in [-0.05, 0) is 24.5 Å². The summed E-state index contributed by atoms with van der Waals surface area (Å²) in [4.78, 5) is 15.3. The van der Waals surface area contributed by atoms with Crippen molar-refractivity contribution >= 4 is 37.8 Å². The quantitative estimate of drug-likeness (QED) is 0.706. The maximum atomic E-state index is 12.4. The van der Waals surface area contributed by atoms with E-state index in [1.165, 1.54) is 6.42 Å². The molecule has 0 N–H and O–H groups in total. The van der Waals surface area contributed by atoms with Crippen molar-refractivity contribution < 1.29 is 4.79 Å². The van der Waals surface area contributed by atoms with Gasteiger partial charge >= 0.3 is 0 Å². The Kier molecular flexibility index (Phi) is 3.03. The molecule has 17 heavy (non-hydrogen) atoms. The molecule has 4 heteroatoms. The predicted molar refractivity (Wildman–Crippen MR) is 74.8 cm³/mol. The number of halogens is 2. The summed E-state index contributed by atoms with van der Waals surface area (Å²) in [5.74, 6) is 0.753. The monoisotopic (exact) mass is 357 g/mol. The molecule has 1 aromatic carbocycles. The molecule has 1 aliphatic heterocycles. The van der Waals surface area contributed by atoms with Gasteiger partial charge in [-0.2, -0.15) is 0 Å². The van der Waals surface area contributed by atoms with E-state index in [2.05, 4.69) is 31.9 Å². The molecular formula is C13H13Br2NO. The van der Waals surface area contributed by atoms with Crippen molar-refractivity contribution in [3.63, 3.8) is 0 Å². The van der Waals surface area contributed by atoms with Crippen LogP contribution in [-0.4, -0.2) is 33.0 Å². The van der Waals surface area contributed by atoms with Crippen LogP contribution in [0.2, 0.25) is 0 Å². The second-order valence-corrected chi connectivity index (χ2v) is 7.00. The lowest BCUT2D eigenvalue weighted by molar-refractivity contribution is 0.0711. The van der Waals surface area contributed by atoms with E-state index in [0.29, 0.717) is 21.6 Å². The highest BCUT2D eigenvalue weighted by molar-refractivity contribution is 9.10. The van der Waals surface area contributed by atoms with Gasteiger partial charge in [0.05, 0.1) is 6.04 Å². The average Bonchev–Trinajstić information content (AvgIpc) is 2.81. The van der Waals surface area contributed by atoms with Crippen molar-refractivity contribution in [3.8, 4) is 0 Å². The maximum Gasteiger partial charge on any atom is 0.254 e. The van der Waals surface area contributed by atoms with Gasteiger partial charge in [-0.1, -0.05) is 50.1 Å². The van der Waals surface area contributed by atoms with Gasteiger partial charge in [-0.25, -0.2) is 0 Å². The van der Waals surface area contributed by atoms with Gasteiger partial charge in [-0.15, -0.1) is 0 Å². The Morgan fingerprint density at radius 2 is 1.94 bits per heavy atom. The first-order chi connectivity index (χ1) is 8.18. The number of amides is 1. The zero-order valence-electron chi connectivity index (χ0n) is 9.22. The van der Waals surface area contributed by atoms with Crippen LogP contribution in [0.25, 0.3) is 0 Å². The fourth-order valence-electron chi connectivity index (χ4n) is 2.92. The van der Waals surface area contributed by atoms with E-state index < -0.39 is 0 Å². The molecule has 2 fully saturated rings. The van der Waals surface area contributed by atoms with E-state index in [0.717, 1.165) is 12.1 Å². The molecule has 1 saturated heterocycles. The smallest absolute Gasteiger partial charge is 0.254 e. The average molecular weight is 359 g/mol. The topological polar surface area (TPSA) is 20.3 Å². The highest BCUT2D eigenvalue weighted by atomic mass is 79.9. The van der Waals surface area contributed by atoms with Crippen LogP contribution in [0, 0.1) is 5.92 Å². The lowest BCUT2D eigenvalue weighted by Gasteiger charge is -2.30. The predicted octanol–water partition coefficient (Wildman–Crippen LogP) is 3.06. The molecule has 2 aliphatic rings. The summed E-state index contributed by atoms with van der Waals surface area (Å²) in [6, 6.07) is 9.85. The van der Waals surface area contributed by atoms with Crippen LogP contribution in [-0.2, 0) is 0 Å². The molecule has 1 heterocycles. The second-order valence-electron chi connectivity index (χ2n) is 4.77. The second kappa shape index (κ2) is 4.39. The molecule has 3 rings (SSSR count). The largest absolute Gasteiger partial charge is 0.333 e. The van der Waals surface area contributed by atoms with Crippen LogP contribution >= 0.6 is 31.9 Å². The summed E-state index contributed by atoms with van der Waals surface area (Å²) in [7, 11) is 0. The van der Waals surface area contributed by atoms with E-state index in [-0.39, 0.29) is 5.91 Å². The van der Waals surface area contributed by atoms with Crippen LogP contribution in [0.4, 0.5) is 0 Å². The summed E-state index contributed by atoms with van der Waals surface area (Å²) < 4.78 is 0. The molecule has 0 unspecified atom stereocenters. The third-order valence-electron chi connectivity index (χ3n) is 3.75. The lowest BCUT2D eigenvalue weighted by Crippen LogP contribution is -2.43. The minimum Gasteiger partial charge on any atom is -0.333 e.